The van der Waals surface area contributed by atoms with Crippen molar-refractivity contribution >= 4 is 5.91 Å². The average Bonchev–Trinajstić information content (AvgIpc) is 2.83. The maximum atomic E-state index is 12.9. The number of hydrogen-bond donors (Lipinski definition) is 1. The number of rotatable bonds is 3. The summed E-state index contributed by atoms with van der Waals surface area (Å²) in [6.45, 7) is 9.28. The third-order valence-corrected chi connectivity index (χ3v) is 4.51. The van der Waals surface area contributed by atoms with Gasteiger partial charge in [0.05, 0.1) is 17.8 Å². The number of carbonyl (C=O) groups excluding carboxylic acids is 1. The van der Waals surface area contributed by atoms with Crippen LogP contribution in [0.5, 0.6) is 0 Å². The van der Waals surface area contributed by atoms with Crippen LogP contribution in [0.3, 0.4) is 0 Å². The van der Waals surface area contributed by atoms with Crippen molar-refractivity contribution in [2.24, 2.45) is 0 Å². The van der Waals surface area contributed by atoms with Crippen LogP contribution in [0.1, 0.15) is 34.4 Å². The van der Waals surface area contributed by atoms with E-state index < -0.39 is 0 Å². The van der Waals surface area contributed by atoms with Gasteiger partial charge in [0.15, 0.2) is 0 Å². The molecule has 0 spiro atoms. The second kappa shape index (κ2) is 6.54. The molecule has 1 atom stereocenters. The van der Waals surface area contributed by atoms with Gasteiger partial charge >= 0.3 is 0 Å². The van der Waals surface area contributed by atoms with Gasteiger partial charge < -0.3 is 14.8 Å². The molecule has 1 saturated heterocycles. The van der Waals surface area contributed by atoms with Crippen LogP contribution in [0.25, 0.3) is 0 Å². The van der Waals surface area contributed by atoms with Crippen molar-refractivity contribution in [3.63, 3.8) is 0 Å². The van der Waals surface area contributed by atoms with Crippen molar-refractivity contribution in [1.29, 1.82) is 0 Å². The summed E-state index contributed by atoms with van der Waals surface area (Å²) in [5.41, 5.74) is 3.93. The van der Waals surface area contributed by atoms with Gasteiger partial charge in [-0.2, -0.15) is 0 Å². The number of aromatic nitrogens is 2. The van der Waals surface area contributed by atoms with Crippen molar-refractivity contribution in [2.75, 3.05) is 19.6 Å². The van der Waals surface area contributed by atoms with Gasteiger partial charge in [-0.3, -0.25) is 9.78 Å². The first-order chi connectivity index (χ1) is 11.1. The molecule has 1 amide bonds. The van der Waals surface area contributed by atoms with E-state index in [9.17, 15) is 4.79 Å². The monoisotopic (exact) mass is 312 g/mol. The summed E-state index contributed by atoms with van der Waals surface area (Å²) in [7, 11) is 0. The first kappa shape index (κ1) is 15.7. The Morgan fingerprint density at radius 3 is 2.91 bits per heavy atom. The van der Waals surface area contributed by atoms with E-state index in [4.69, 9.17) is 0 Å². The molecular formula is C18H24N4O. The topological polar surface area (TPSA) is 50.2 Å². The van der Waals surface area contributed by atoms with Gasteiger partial charge in [-0.05, 0) is 39.0 Å². The van der Waals surface area contributed by atoms with Crippen molar-refractivity contribution < 1.29 is 4.79 Å². The summed E-state index contributed by atoms with van der Waals surface area (Å²) >= 11 is 0. The van der Waals surface area contributed by atoms with E-state index >= 15 is 0 Å². The lowest BCUT2D eigenvalue weighted by molar-refractivity contribution is 0.0708. The lowest BCUT2D eigenvalue weighted by Crippen LogP contribution is -2.51. The highest BCUT2D eigenvalue weighted by molar-refractivity contribution is 5.95. The molecular weight excluding hydrogens is 288 g/mol. The fourth-order valence-corrected chi connectivity index (χ4v) is 3.20. The molecule has 2 aromatic rings. The molecule has 1 fully saturated rings. The minimum absolute atomic E-state index is 0.138. The maximum absolute atomic E-state index is 12.9. The summed E-state index contributed by atoms with van der Waals surface area (Å²) in [6, 6.07) is 8.28. The molecule has 0 aromatic carbocycles. The molecule has 0 radical (unpaired) electrons. The minimum Gasteiger partial charge on any atom is -0.342 e. The lowest BCUT2D eigenvalue weighted by Gasteiger charge is -2.32. The molecule has 1 N–H and O–H groups in total. The Kier molecular flexibility index (Phi) is 4.48. The number of amides is 1. The summed E-state index contributed by atoms with van der Waals surface area (Å²) in [5, 5.41) is 3.37. The highest BCUT2D eigenvalue weighted by Crippen LogP contribution is 2.19. The highest BCUT2D eigenvalue weighted by atomic mass is 16.2. The Labute approximate surface area is 137 Å². The summed E-state index contributed by atoms with van der Waals surface area (Å²) in [6.07, 6.45) is 1.80. The molecule has 3 rings (SSSR count). The first-order valence-corrected chi connectivity index (χ1v) is 8.15. The number of aryl methyl sites for hydroxylation is 1. The maximum Gasteiger partial charge on any atom is 0.255 e. The van der Waals surface area contributed by atoms with Gasteiger partial charge in [-0.15, -0.1) is 0 Å². The third kappa shape index (κ3) is 3.29. The van der Waals surface area contributed by atoms with Crippen molar-refractivity contribution in [3.05, 3.63) is 53.1 Å². The van der Waals surface area contributed by atoms with E-state index in [-0.39, 0.29) is 5.91 Å². The summed E-state index contributed by atoms with van der Waals surface area (Å²) < 4.78 is 2.17. The van der Waals surface area contributed by atoms with Gasteiger partial charge in [-0.25, -0.2) is 0 Å². The Bertz CT molecular complexity index is 693. The first-order valence-electron chi connectivity index (χ1n) is 8.15. The lowest BCUT2D eigenvalue weighted by atomic mass is 10.1. The van der Waals surface area contributed by atoms with E-state index in [1.807, 2.05) is 43.0 Å². The van der Waals surface area contributed by atoms with E-state index in [0.717, 1.165) is 42.3 Å². The Balaban J connectivity index is 1.84. The number of nitrogens with zero attached hydrogens (tertiary/aromatic N) is 3. The van der Waals surface area contributed by atoms with Gasteiger partial charge in [0.2, 0.25) is 0 Å². The molecule has 0 aliphatic carbocycles. The second-order valence-corrected chi connectivity index (χ2v) is 6.30. The molecule has 0 bridgehead atoms. The van der Waals surface area contributed by atoms with Gasteiger partial charge in [-0.1, -0.05) is 6.07 Å². The van der Waals surface area contributed by atoms with Gasteiger partial charge in [0, 0.05) is 43.3 Å². The quantitative estimate of drug-likeness (QED) is 0.943. The number of hydrogen-bond acceptors (Lipinski definition) is 3. The molecule has 5 nitrogen and oxygen atoms in total. The second-order valence-electron chi connectivity index (χ2n) is 6.30. The molecule has 2 aromatic heterocycles. The zero-order valence-corrected chi connectivity index (χ0v) is 14.0. The molecule has 5 heteroatoms. The summed E-state index contributed by atoms with van der Waals surface area (Å²) in [5.74, 6) is 0.138. The number of piperazine rings is 1. The van der Waals surface area contributed by atoms with Crippen molar-refractivity contribution in [1.82, 2.24) is 19.8 Å². The summed E-state index contributed by atoms with van der Waals surface area (Å²) in [4.78, 5) is 19.2. The zero-order valence-electron chi connectivity index (χ0n) is 14.0. The number of nitrogens with one attached hydrogen (secondary N) is 1. The average molecular weight is 312 g/mol. The predicted octanol–water partition coefficient (Wildman–Crippen LogP) is 1.98. The molecule has 23 heavy (non-hydrogen) atoms. The molecule has 1 aliphatic rings. The van der Waals surface area contributed by atoms with Gasteiger partial charge in [0.1, 0.15) is 0 Å². The van der Waals surface area contributed by atoms with E-state index in [1.165, 1.54) is 0 Å². The van der Waals surface area contributed by atoms with Crippen molar-refractivity contribution in [2.45, 2.75) is 33.4 Å². The molecule has 1 unspecified atom stereocenters. The van der Waals surface area contributed by atoms with Crippen LogP contribution in [-0.4, -0.2) is 46.0 Å². The standard InChI is InChI=1S/C18H24N4O/c1-13-11-21(9-8-19-13)18(23)17-10-14(2)22(15(17)3)12-16-6-4-5-7-20-16/h4-7,10,13,19H,8-9,11-12H2,1-3H3. The fourth-order valence-electron chi connectivity index (χ4n) is 3.20. The molecule has 1 aliphatic heterocycles. The minimum atomic E-state index is 0.138. The van der Waals surface area contributed by atoms with Crippen molar-refractivity contribution in [3.8, 4) is 0 Å². The van der Waals surface area contributed by atoms with Crippen LogP contribution in [0.2, 0.25) is 0 Å². The van der Waals surface area contributed by atoms with E-state index in [2.05, 4.69) is 21.8 Å². The highest BCUT2D eigenvalue weighted by Gasteiger charge is 2.24. The largest absolute Gasteiger partial charge is 0.342 e. The fraction of sp³-hybridized carbons (Fsp3) is 0.444. The molecule has 0 saturated carbocycles. The van der Waals surface area contributed by atoms with Crippen LogP contribution in [0.4, 0.5) is 0 Å². The van der Waals surface area contributed by atoms with E-state index in [0.29, 0.717) is 12.6 Å². The smallest absolute Gasteiger partial charge is 0.255 e. The van der Waals surface area contributed by atoms with Crippen LogP contribution >= 0.6 is 0 Å². The van der Waals surface area contributed by atoms with Crippen LogP contribution in [0, 0.1) is 13.8 Å². The zero-order chi connectivity index (χ0) is 16.4. The van der Waals surface area contributed by atoms with E-state index in [1.54, 1.807) is 6.20 Å². The van der Waals surface area contributed by atoms with Crippen LogP contribution in [-0.2, 0) is 6.54 Å². The molecule has 122 valence electrons. The predicted molar refractivity (Wildman–Crippen MR) is 90.6 cm³/mol. The Morgan fingerprint density at radius 1 is 1.39 bits per heavy atom. The number of carbonyl (C=O) groups is 1. The molecule has 3 heterocycles. The van der Waals surface area contributed by atoms with Gasteiger partial charge in [0.25, 0.3) is 5.91 Å². The Morgan fingerprint density at radius 2 is 2.22 bits per heavy atom. The Hall–Kier alpha value is -2.14. The SMILES string of the molecule is Cc1cc(C(=O)N2CCNC(C)C2)c(C)n1Cc1ccccn1. The van der Waals surface area contributed by atoms with Crippen LogP contribution < -0.4 is 5.32 Å². The normalized spacial score (nSPS) is 18.2. The van der Waals surface area contributed by atoms with Crippen LogP contribution in [0.15, 0.2) is 30.5 Å². The number of pyridine rings is 1. The third-order valence-electron chi connectivity index (χ3n) is 4.51.